The van der Waals surface area contributed by atoms with Crippen molar-refractivity contribution in [3.63, 3.8) is 0 Å². The van der Waals surface area contributed by atoms with Gasteiger partial charge >= 0.3 is 0 Å². The molecule has 0 aromatic heterocycles. The molecule has 0 bridgehead atoms. The Labute approximate surface area is 141 Å². The lowest BCUT2D eigenvalue weighted by atomic mass is 10.1. The molecule has 128 valence electrons. The fourth-order valence-electron chi connectivity index (χ4n) is 3.66. The second-order valence-corrected chi connectivity index (χ2v) is 6.41. The molecule has 7 heteroatoms. The van der Waals surface area contributed by atoms with Crippen molar-refractivity contribution in [3.05, 3.63) is 33.4 Å². The van der Waals surface area contributed by atoms with Crippen LogP contribution in [0.5, 0.6) is 0 Å². The van der Waals surface area contributed by atoms with Crippen LogP contribution in [0.25, 0.3) is 0 Å². The Hall–Kier alpha value is -2.17. The molecule has 7 nitrogen and oxygen atoms in total. The van der Waals surface area contributed by atoms with E-state index in [1.54, 1.807) is 13.0 Å². The molecule has 0 aliphatic carbocycles. The van der Waals surface area contributed by atoms with E-state index in [0.29, 0.717) is 17.2 Å². The van der Waals surface area contributed by atoms with Gasteiger partial charge in [-0.1, -0.05) is 0 Å². The first kappa shape index (κ1) is 16.7. The molecule has 2 heterocycles. The van der Waals surface area contributed by atoms with E-state index in [9.17, 15) is 15.4 Å². The molecule has 2 saturated heterocycles. The minimum atomic E-state index is -0.396. The molecule has 2 aliphatic rings. The van der Waals surface area contributed by atoms with Gasteiger partial charge in [-0.25, -0.2) is 0 Å². The van der Waals surface area contributed by atoms with E-state index in [2.05, 4.69) is 15.9 Å². The van der Waals surface area contributed by atoms with E-state index in [-0.39, 0.29) is 5.69 Å². The van der Waals surface area contributed by atoms with E-state index >= 15 is 0 Å². The summed E-state index contributed by atoms with van der Waals surface area (Å²) >= 11 is 0. The fraction of sp³-hybridized carbons (Fsp3) is 0.588. The maximum atomic E-state index is 11.3. The van der Waals surface area contributed by atoms with E-state index in [4.69, 9.17) is 4.74 Å². The van der Waals surface area contributed by atoms with Gasteiger partial charge in [0, 0.05) is 44.0 Å². The van der Waals surface area contributed by atoms with Crippen LogP contribution < -0.4 is 4.90 Å². The van der Waals surface area contributed by atoms with Crippen LogP contribution in [0.3, 0.4) is 0 Å². The lowest BCUT2D eigenvalue weighted by molar-refractivity contribution is -0.385. The first-order valence-electron chi connectivity index (χ1n) is 8.36. The summed E-state index contributed by atoms with van der Waals surface area (Å²) in [4.78, 5) is 15.6. The zero-order chi connectivity index (χ0) is 17.1. The van der Waals surface area contributed by atoms with Crippen molar-refractivity contribution in [2.24, 2.45) is 0 Å². The fourth-order valence-corrected chi connectivity index (χ4v) is 3.66. The van der Waals surface area contributed by atoms with E-state index in [1.165, 1.54) is 6.07 Å². The summed E-state index contributed by atoms with van der Waals surface area (Å²) < 4.78 is 5.40. The lowest BCUT2D eigenvalue weighted by Crippen LogP contribution is -2.45. The van der Waals surface area contributed by atoms with Crippen molar-refractivity contribution in [1.29, 1.82) is 5.26 Å². The first-order chi connectivity index (χ1) is 11.6. The largest absolute Gasteiger partial charge is 0.379 e. The summed E-state index contributed by atoms with van der Waals surface area (Å²) in [6.45, 7) is 6.99. The van der Waals surface area contributed by atoms with Crippen LogP contribution in [0.2, 0.25) is 0 Å². The maximum Gasteiger partial charge on any atom is 0.275 e. The standard InChI is InChI=1S/C17H22N4O3/c1-13-16(9-14(11-18)10-17(13)21(22)23)20-4-2-3-15(20)12-19-5-7-24-8-6-19/h9-10,15H,2-8,12H2,1H3. The molecule has 1 unspecified atom stereocenters. The van der Waals surface area contributed by atoms with Gasteiger partial charge in [-0.3, -0.25) is 15.0 Å². The summed E-state index contributed by atoms with van der Waals surface area (Å²) in [5, 5.41) is 20.5. The minimum absolute atomic E-state index is 0.0288. The first-order valence-corrected chi connectivity index (χ1v) is 8.36. The van der Waals surface area contributed by atoms with Crippen LogP contribution in [0.4, 0.5) is 11.4 Å². The summed E-state index contributed by atoms with van der Waals surface area (Å²) in [5.41, 5.74) is 1.85. The average molecular weight is 330 g/mol. The molecule has 2 fully saturated rings. The Kier molecular flexibility index (Phi) is 4.97. The monoisotopic (exact) mass is 330 g/mol. The van der Waals surface area contributed by atoms with Gasteiger partial charge in [0.25, 0.3) is 5.69 Å². The summed E-state index contributed by atoms with van der Waals surface area (Å²) in [6.07, 6.45) is 2.14. The number of nitrogens with zero attached hydrogens (tertiary/aromatic N) is 4. The van der Waals surface area contributed by atoms with Crippen molar-refractivity contribution >= 4 is 11.4 Å². The third-order valence-corrected chi connectivity index (χ3v) is 4.94. The third-order valence-electron chi connectivity index (χ3n) is 4.94. The molecule has 0 spiro atoms. The molecule has 0 saturated carbocycles. The van der Waals surface area contributed by atoms with E-state index in [1.807, 2.05) is 0 Å². The molecule has 1 atom stereocenters. The summed E-state index contributed by atoms with van der Waals surface area (Å²) in [7, 11) is 0. The van der Waals surface area contributed by atoms with Crippen molar-refractivity contribution in [1.82, 2.24) is 4.90 Å². The van der Waals surface area contributed by atoms with Crippen LogP contribution in [-0.4, -0.2) is 55.3 Å². The summed E-state index contributed by atoms with van der Waals surface area (Å²) in [6, 6.07) is 5.54. The highest BCUT2D eigenvalue weighted by Crippen LogP contribution is 2.34. The van der Waals surface area contributed by atoms with Gasteiger partial charge in [-0.05, 0) is 25.8 Å². The van der Waals surface area contributed by atoms with Crippen LogP contribution in [0.15, 0.2) is 12.1 Å². The van der Waals surface area contributed by atoms with Crippen LogP contribution in [0, 0.1) is 28.4 Å². The Morgan fingerprint density at radius 3 is 2.79 bits per heavy atom. The third kappa shape index (κ3) is 3.35. The number of hydrogen-bond donors (Lipinski definition) is 0. The topological polar surface area (TPSA) is 82.6 Å². The van der Waals surface area contributed by atoms with Crippen LogP contribution in [0.1, 0.15) is 24.0 Å². The Balaban J connectivity index is 1.87. The predicted molar refractivity (Wildman–Crippen MR) is 90.2 cm³/mol. The second kappa shape index (κ2) is 7.16. The molecule has 0 amide bonds. The SMILES string of the molecule is Cc1c(N2CCCC2CN2CCOCC2)cc(C#N)cc1[N+](=O)[O-]. The molecular formula is C17H22N4O3. The van der Waals surface area contributed by atoms with Crippen LogP contribution >= 0.6 is 0 Å². The number of benzene rings is 1. The molecule has 0 radical (unpaired) electrons. The number of hydrogen-bond acceptors (Lipinski definition) is 6. The zero-order valence-electron chi connectivity index (χ0n) is 13.9. The second-order valence-electron chi connectivity index (χ2n) is 6.41. The van der Waals surface area contributed by atoms with Crippen molar-refractivity contribution in [2.45, 2.75) is 25.8 Å². The molecule has 24 heavy (non-hydrogen) atoms. The van der Waals surface area contributed by atoms with Gasteiger partial charge in [0.15, 0.2) is 0 Å². The number of nitro benzene ring substituents is 1. The number of nitro groups is 1. The zero-order valence-corrected chi connectivity index (χ0v) is 13.9. The molecule has 3 rings (SSSR count). The minimum Gasteiger partial charge on any atom is -0.379 e. The lowest BCUT2D eigenvalue weighted by Gasteiger charge is -2.34. The van der Waals surface area contributed by atoms with Gasteiger partial charge in [0.2, 0.25) is 0 Å². The van der Waals surface area contributed by atoms with Gasteiger partial charge in [0.1, 0.15) is 0 Å². The van der Waals surface area contributed by atoms with Gasteiger partial charge < -0.3 is 9.64 Å². The molecule has 1 aromatic carbocycles. The number of nitriles is 1. The van der Waals surface area contributed by atoms with Crippen molar-refractivity contribution < 1.29 is 9.66 Å². The number of anilines is 1. The average Bonchev–Trinajstić information content (AvgIpc) is 3.03. The smallest absolute Gasteiger partial charge is 0.275 e. The highest BCUT2D eigenvalue weighted by atomic mass is 16.6. The van der Waals surface area contributed by atoms with Crippen LogP contribution in [-0.2, 0) is 4.74 Å². The maximum absolute atomic E-state index is 11.3. The molecular weight excluding hydrogens is 308 g/mol. The van der Waals surface area contributed by atoms with E-state index < -0.39 is 4.92 Å². The number of rotatable bonds is 4. The Bertz CT molecular complexity index is 665. The Morgan fingerprint density at radius 2 is 2.12 bits per heavy atom. The van der Waals surface area contributed by atoms with Gasteiger partial charge in [-0.2, -0.15) is 5.26 Å². The highest BCUT2D eigenvalue weighted by molar-refractivity contribution is 5.66. The number of morpholine rings is 1. The number of ether oxygens (including phenoxy) is 1. The van der Waals surface area contributed by atoms with E-state index in [0.717, 1.165) is 57.9 Å². The van der Waals surface area contributed by atoms with Crippen molar-refractivity contribution in [3.8, 4) is 6.07 Å². The normalized spacial score (nSPS) is 21.7. The summed E-state index contributed by atoms with van der Waals surface area (Å²) in [5.74, 6) is 0. The molecule has 1 aromatic rings. The van der Waals surface area contributed by atoms with Crippen molar-refractivity contribution in [2.75, 3.05) is 44.3 Å². The molecule has 2 aliphatic heterocycles. The quantitative estimate of drug-likeness (QED) is 0.621. The predicted octanol–water partition coefficient (Wildman–Crippen LogP) is 2.08. The molecule has 0 N–H and O–H groups in total. The highest BCUT2D eigenvalue weighted by Gasteiger charge is 2.30. The van der Waals surface area contributed by atoms with Gasteiger partial charge in [0.05, 0.1) is 35.3 Å². The Morgan fingerprint density at radius 1 is 1.38 bits per heavy atom. The van der Waals surface area contributed by atoms with Gasteiger partial charge in [-0.15, -0.1) is 0 Å².